The Hall–Kier alpha value is -3.16. The van der Waals surface area contributed by atoms with Crippen molar-refractivity contribution >= 4 is 5.91 Å². The minimum atomic E-state index is -0.551. The summed E-state index contributed by atoms with van der Waals surface area (Å²) >= 11 is 0. The van der Waals surface area contributed by atoms with Crippen LogP contribution in [-0.4, -0.2) is 22.0 Å². The van der Waals surface area contributed by atoms with Gasteiger partial charge in [0.15, 0.2) is 0 Å². The SMILES string of the molecule is Cc1cc(C)c(C2NNC3C(=O)N(Cc4ccco4)C(c4ccccc4F)C32)c(O)c1. The number of likely N-dealkylation sites (tertiary alicyclic amines) is 1. The number of halogens is 1. The highest BCUT2D eigenvalue weighted by Gasteiger charge is 2.56. The van der Waals surface area contributed by atoms with Gasteiger partial charge < -0.3 is 14.4 Å². The fourth-order valence-corrected chi connectivity index (χ4v) is 5.14. The highest BCUT2D eigenvalue weighted by molar-refractivity contribution is 5.86. The molecule has 3 heterocycles. The number of hydrazine groups is 1. The van der Waals surface area contributed by atoms with Gasteiger partial charge in [-0.1, -0.05) is 24.3 Å². The van der Waals surface area contributed by atoms with Gasteiger partial charge in [-0.05, 0) is 49.2 Å². The molecule has 3 N–H and O–H groups in total. The Balaban J connectivity index is 1.62. The quantitative estimate of drug-likeness (QED) is 0.599. The maximum atomic E-state index is 15.0. The molecule has 1 amide bonds. The third kappa shape index (κ3) is 3.21. The fraction of sp³-hybridized carbons (Fsp3) is 0.292. The first-order chi connectivity index (χ1) is 15.0. The monoisotopic (exact) mass is 421 g/mol. The Bertz CT molecular complexity index is 1110. The number of fused-ring (bicyclic) bond motifs is 1. The number of aromatic hydroxyl groups is 1. The van der Waals surface area contributed by atoms with E-state index in [0.29, 0.717) is 11.3 Å². The number of phenolic OH excluding ortho intramolecular Hbond substituents is 1. The van der Waals surface area contributed by atoms with Crippen LogP contribution in [0.5, 0.6) is 5.75 Å². The van der Waals surface area contributed by atoms with Crippen molar-refractivity contribution in [2.45, 2.75) is 38.5 Å². The molecule has 0 saturated carbocycles. The summed E-state index contributed by atoms with van der Waals surface area (Å²) in [5.41, 5.74) is 9.36. The van der Waals surface area contributed by atoms with Gasteiger partial charge in [0.1, 0.15) is 23.4 Å². The normalized spacial score (nSPS) is 25.3. The molecule has 2 saturated heterocycles. The molecule has 5 rings (SSSR count). The third-order valence-electron chi connectivity index (χ3n) is 6.36. The number of nitrogens with zero attached hydrogens (tertiary/aromatic N) is 1. The van der Waals surface area contributed by atoms with Gasteiger partial charge in [-0.25, -0.2) is 15.2 Å². The van der Waals surface area contributed by atoms with Gasteiger partial charge in [-0.3, -0.25) is 4.79 Å². The molecule has 2 aliphatic rings. The zero-order valence-corrected chi connectivity index (χ0v) is 17.3. The van der Waals surface area contributed by atoms with E-state index in [-0.39, 0.29) is 36.0 Å². The molecule has 6 nitrogen and oxygen atoms in total. The molecule has 4 atom stereocenters. The average molecular weight is 421 g/mol. The number of aryl methyl sites for hydroxylation is 2. The summed E-state index contributed by atoms with van der Waals surface area (Å²) < 4.78 is 20.4. The van der Waals surface area contributed by atoms with E-state index in [4.69, 9.17) is 4.42 Å². The predicted octanol–water partition coefficient (Wildman–Crippen LogP) is 3.66. The van der Waals surface area contributed by atoms with Crippen LogP contribution in [0.2, 0.25) is 0 Å². The van der Waals surface area contributed by atoms with Crippen molar-refractivity contribution in [3.63, 3.8) is 0 Å². The zero-order chi connectivity index (χ0) is 21.7. The fourth-order valence-electron chi connectivity index (χ4n) is 5.14. The van der Waals surface area contributed by atoms with Gasteiger partial charge in [0, 0.05) is 17.0 Å². The minimum absolute atomic E-state index is 0.131. The number of carbonyl (C=O) groups is 1. The molecule has 4 unspecified atom stereocenters. The molecule has 3 aromatic rings. The molecular weight excluding hydrogens is 397 g/mol. The van der Waals surface area contributed by atoms with E-state index >= 15 is 0 Å². The second-order valence-electron chi connectivity index (χ2n) is 8.35. The second-order valence-corrected chi connectivity index (χ2v) is 8.35. The van der Waals surface area contributed by atoms with Crippen molar-refractivity contribution in [2.24, 2.45) is 5.92 Å². The van der Waals surface area contributed by atoms with Crippen molar-refractivity contribution in [1.82, 2.24) is 15.8 Å². The Morgan fingerprint density at radius 3 is 2.58 bits per heavy atom. The summed E-state index contributed by atoms with van der Waals surface area (Å²) in [4.78, 5) is 15.1. The van der Waals surface area contributed by atoms with E-state index < -0.39 is 12.1 Å². The Kier molecular flexibility index (Phi) is 4.79. The molecule has 160 valence electrons. The standard InChI is InChI=1S/C24H24FN3O3/c1-13-10-14(2)19(18(29)11-13)21-20-22(27-26-21)24(30)28(12-15-6-5-9-31-15)23(20)16-7-3-4-8-17(16)25/h3-11,20-23,26-27,29H,12H2,1-2H3. The number of rotatable bonds is 4. The van der Waals surface area contributed by atoms with Crippen LogP contribution in [0, 0.1) is 25.6 Å². The lowest BCUT2D eigenvalue weighted by molar-refractivity contribution is -0.131. The number of nitrogens with one attached hydrogen (secondary N) is 2. The van der Waals surface area contributed by atoms with Crippen molar-refractivity contribution in [2.75, 3.05) is 0 Å². The third-order valence-corrected chi connectivity index (χ3v) is 6.36. The molecule has 2 fully saturated rings. The van der Waals surface area contributed by atoms with Crippen molar-refractivity contribution in [3.8, 4) is 5.75 Å². The van der Waals surface area contributed by atoms with Crippen LogP contribution in [0.4, 0.5) is 4.39 Å². The van der Waals surface area contributed by atoms with Crippen LogP contribution in [-0.2, 0) is 11.3 Å². The van der Waals surface area contributed by atoms with E-state index in [0.717, 1.165) is 16.7 Å². The van der Waals surface area contributed by atoms with Gasteiger partial charge in [0.2, 0.25) is 5.91 Å². The van der Waals surface area contributed by atoms with Gasteiger partial charge >= 0.3 is 0 Å². The van der Waals surface area contributed by atoms with E-state index in [2.05, 4.69) is 10.9 Å². The molecule has 1 aromatic heterocycles. The molecule has 31 heavy (non-hydrogen) atoms. The predicted molar refractivity (Wildman–Crippen MR) is 112 cm³/mol. The number of furan rings is 1. The smallest absolute Gasteiger partial charge is 0.242 e. The summed E-state index contributed by atoms with van der Waals surface area (Å²) in [6, 6.07) is 12.4. The first-order valence-electron chi connectivity index (χ1n) is 10.3. The number of hydrogen-bond donors (Lipinski definition) is 3. The molecule has 7 heteroatoms. The first kappa shape index (κ1) is 19.8. The van der Waals surface area contributed by atoms with Crippen LogP contribution in [0.1, 0.15) is 40.1 Å². The molecule has 2 aliphatic heterocycles. The lowest BCUT2D eigenvalue weighted by atomic mass is 9.81. The van der Waals surface area contributed by atoms with Crippen molar-refractivity contribution in [1.29, 1.82) is 0 Å². The van der Waals surface area contributed by atoms with Crippen LogP contribution < -0.4 is 10.9 Å². The maximum absolute atomic E-state index is 15.0. The largest absolute Gasteiger partial charge is 0.508 e. The van der Waals surface area contributed by atoms with Gasteiger partial charge in [-0.2, -0.15) is 0 Å². The lowest BCUT2D eigenvalue weighted by Crippen LogP contribution is -2.41. The summed E-state index contributed by atoms with van der Waals surface area (Å²) in [5, 5.41) is 10.7. The summed E-state index contributed by atoms with van der Waals surface area (Å²) in [6.45, 7) is 4.10. The Morgan fingerprint density at radius 2 is 1.87 bits per heavy atom. The van der Waals surface area contributed by atoms with Crippen LogP contribution >= 0.6 is 0 Å². The van der Waals surface area contributed by atoms with Gasteiger partial charge in [-0.15, -0.1) is 0 Å². The zero-order valence-electron chi connectivity index (χ0n) is 17.3. The van der Waals surface area contributed by atoms with Gasteiger partial charge in [0.25, 0.3) is 0 Å². The summed E-state index contributed by atoms with van der Waals surface area (Å²) in [5.74, 6) is -0.0170. The molecule has 0 radical (unpaired) electrons. The minimum Gasteiger partial charge on any atom is -0.508 e. The number of amides is 1. The Morgan fingerprint density at radius 1 is 1.10 bits per heavy atom. The highest BCUT2D eigenvalue weighted by Crippen LogP contribution is 2.50. The van der Waals surface area contributed by atoms with E-state index in [1.54, 1.807) is 47.6 Å². The maximum Gasteiger partial charge on any atom is 0.242 e. The summed E-state index contributed by atoms with van der Waals surface area (Å²) in [6.07, 6.45) is 1.56. The van der Waals surface area contributed by atoms with Gasteiger partial charge in [0.05, 0.1) is 24.9 Å². The number of hydrogen-bond acceptors (Lipinski definition) is 5. The molecule has 0 aliphatic carbocycles. The number of benzene rings is 2. The van der Waals surface area contributed by atoms with Crippen LogP contribution in [0.3, 0.4) is 0 Å². The van der Waals surface area contributed by atoms with Crippen molar-refractivity contribution < 1.29 is 18.7 Å². The number of carbonyl (C=O) groups excluding carboxylic acids is 1. The summed E-state index contributed by atoms with van der Waals surface area (Å²) in [7, 11) is 0. The second kappa shape index (κ2) is 7.51. The van der Waals surface area contributed by atoms with E-state index in [9.17, 15) is 14.3 Å². The average Bonchev–Trinajstić information content (AvgIpc) is 3.43. The molecule has 2 aromatic carbocycles. The van der Waals surface area contributed by atoms with E-state index in [1.807, 2.05) is 19.9 Å². The first-order valence-corrected chi connectivity index (χ1v) is 10.3. The van der Waals surface area contributed by atoms with Crippen LogP contribution in [0.25, 0.3) is 0 Å². The molecule has 0 bridgehead atoms. The Labute approximate surface area is 179 Å². The topological polar surface area (TPSA) is 77.7 Å². The van der Waals surface area contributed by atoms with Crippen molar-refractivity contribution in [3.05, 3.63) is 88.6 Å². The number of phenols is 1. The lowest BCUT2D eigenvalue weighted by Gasteiger charge is -2.31. The highest BCUT2D eigenvalue weighted by atomic mass is 19.1. The van der Waals surface area contributed by atoms with Crippen LogP contribution in [0.15, 0.2) is 59.2 Å². The molecule has 0 spiro atoms. The molecular formula is C24H24FN3O3. The van der Waals surface area contributed by atoms with E-state index in [1.165, 1.54) is 6.07 Å².